The van der Waals surface area contributed by atoms with Crippen molar-refractivity contribution in [1.29, 1.82) is 0 Å². The maximum Gasteiger partial charge on any atom is 0.288 e. The van der Waals surface area contributed by atoms with E-state index < -0.39 is 0 Å². The molecule has 2 N–H and O–H groups in total. The second kappa shape index (κ2) is 4.18. The maximum absolute atomic E-state index is 11.4. The standard InChI is InChI=1S/C8H9N5OS/c1-5-3-15-6(12-5)2-9-8(14)7-10-4-11-13-7/h3-4H,2H2,1H3,(H,9,14)(H,10,11,13). The Bertz CT molecular complexity index is 449. The number of hydrogen-bond donors (Lipinski definition) is 2. The highest BCUT2D eigenvalue weighted by Crippen LogP contribution is 2.07. The molecule has 0 unspecified atom stereocenters. The minimum atomic E-state index is -0.277. The molecule has 0 fully saturated rings. The number of rotatable bonds is 3. The lowest BCUT2D eigenvalue weighted by atomic mass is 10.5. The van der Waals surface area contributed by atoms with Crippen molar-refractivity contribution in [1.82, 2.24) is 25.5 Å². The van der Waals surface area contributed by atoms with Gasteiger partial charge in [0.15, 0.2) is 0 Å². The van der Waals surface area contributed by atoms with Gasteiger partial charge in [0.1, 0.15) is 11.3 Å². The molecule has 2 rings (SSSR count). The highest BCUT2D eigenvalue weighted by Gasteiger charge is 2.08. The molecule has 0 saturated heterocycles. The van der Waals surface area contributed by atoms with Crippen LogP contribution in [0.1, 0.15) is 21.3 Å². The summed E-state index contributed by atoms with van der Waals surface area (Å²) < 4.78 is 0. The van der Waals surface area contributed by atoms with Gasteiger partial charge < -0.3 is 5.32 Å². The van der Waals surface area contributed by atoms with Gasteiger partial charge in [-0.3, -0.25) is 9.89 Å². The average Bonchev–Trinajstić information content (AvgIpc) is 2.84. The number of amides is 1. The molecule has 7 heteroatoms. The molecule has 0 spiro atoms. The molecule has 2 aromatic heterocycles. The summed E-state index contributed by atoms with van der Waals surface area (Å²) in [6.45, 7) is 2.33. The van der Waals surface area contributed by atoms with Crippen molar-refractivity contribution in [2.45, 2.75) is 13.5 Å². The number of carbonyl (C=O) groups is 1. The van der Waals surface area contributed by atoms with Crippen molar-refractivity contribution in [3.8, 4) is 0 Å². The van der Waals surface area contributed by atoms with Crippen LogP contribution in [0, 0.1) is 6.92 Å². The van der Waals surface area contributed by atoms with Gasteiger partial charge in [0, 0.05) is 11.1 Å². The van der Waals surface area contributed by atoms with E-state index in [9.17, 15) is 4.79 Å². The van der Waals surface area contributed by atoms with Crippen LogP contribution in [-0.4, -0.2) is 26.1 Å². The number of hydrogen-bond acceptors (Lipinski definition) is 5. The van der Waals surface area contributed by atoms with Crippen LogP contribution in [-0.2, 0) is 6.54 Å². The van der Waals surface area contributed by atoms with Crippen LogP contribution in [0.5, 0.6) is 0 Å². The molecule has 15 heavy (non-hydrogen) atoms. The Balaban J connectivity index is 1.91. The van der Waals surface area contributed by atoms with E-state index >= 15 is 0 Å². The van der Waals surface area contributed by atoms with E-state index in [1.165, 1.54) is 17.7 Å². The normalized spacial score (nSPS) is 10.2. The molecule has 2 heterocycles. The second-order valence-corrected chi connectivity index (χ2v) is 3.84. The van der Waals surface area contributed by atoms with Crippen LogP contribution >= 0.6 is 11.3 Å². The van der Waals surface area contributed by atoms with E-state index in [-0.39, 0.29) is 11.7 Å². The van der Waals surface area contributed by atoms with Gasteiger partial charge in [-0.15, -0.1) is 11.3 Å². The number of thiazole rings is 1. The fourth-order valence-corrected chi connectivity index (χ4v) is 1.75. The Morgan fingerprint density at radius 2 is 2.53 bits per heavy atom. The van der Waals surface area contributed by atoms with Crippen molar-refractivity contribution in [3.63, 3.8) is 0 Å². The number of aryl methyl sites for hydroxylation is 1. The molecular formula is C8H9N5OS. The number of aromatic nitrogens is 4. The van der Waals surface area contributed by atoms with Crippen molar-refractivity contribution in [2.24, 2.45) is 0 Å². The Hall–Kier alpha value is -1.76. The number of H-pyrrole nitrogens is 1. The molecule has 0 aliphatic carbocycles. The van der Waals surface area contributed by atoms with Crippen LogP contribution in [0.25, 0.3) is 0 Å². The van der Waals surface area contributed by atoms with Crippen LogP contribution in [0.2, 0.25) is 0 Å². The van der Waals surface area contributed by atoms with E-state index in [1.807, 2.05) is 12.3 Å². The molecule has 0 aliphatic rings. The zero-order valence-corrected chi connectivity index (χ0v) is 8.84. The zero-order chi connectivity index (χ0) is 10.7. The molecular weight excluding hydrogens is 214 g/mol. The third-order valence-electron chi connectivity index (χ3n) is 1.70. The van der Waals surface area contributed by atoms with E-state index in [0.717, 1.165) is 10.7 Å². The Morgan fingerprint density at radius 3 is 3.13 bits per heavy atom. The zero-order valence-electron chi connectivity index (χ0n) is 8.02. The minimum Gasteiger partial charge on any atom is -0.343 e. The summed E-state index contributed by atoms with van der Waals surface area (Å²) >= 11 is 1.52. The van der Waals surface area contributed by atoms with Gasteiger partial charge in [0.05, 0.1) is 6.54 Å². The van der Waals surface area contributed by atoms with Crippen LogP contribution in [0.3, 0.4) is 0 Å². The largest absolute Gasteiger partial charge is 0.343 e. The van der Waals surface area contributed by atoms with E-state index in [2.05, 4.69) is 25.5 Å². The van der Waals surface area contributed by atoms with Crippen LogP contribution < -0.4 is 5.32 Å². The van der Waals surface area contributed by atoms with Gasteiger partial charge in [-0.05, 0) is 6.92 Å². The summed E-state index contributed by atoms with van der Waals surface area (Å²) in [5, 5.41) is 11.6. The minimum absolute atomic E-state index is 0.211. The smallest absolute Gasteiger partial charge is 0.288 e. The lowest BCUT2D eigenvalue weighted by Gasteiger charge is -1.98. The maximum atomic E-state index is 11.4. The number of nitrogens with one attached hydrogen (secondary N) is 2. The predicted molar refractivity (Wildman–Crippen MR) is 54.4 cm³/mol. The second-order valence-electron chi connectivity index (χ2n) is 2.90. The molecule has 0 bridgehead atoms. The predicted octanol–water partition coefficient (Wildman–Crippen LogP) is 0.500. The summed E-state index contributed by atoms with van der Waals surface area (Å²) in [6.07, 6.45) is 1.29. The van der Waals surface area contributed by atoms with Gasteiger partial charge in [-0.25, -0.2) is 9.97 Å². The Kier molecular flexibility index (Phi) is 2.72. The van der Waals surface area contributed by atoms with Gasteiger partial charge >= 0.3 is 0 Å². The lowest BCUT2D eigenvalue weighted by Crippen LogP contribution is -2.23. The Labute approximate surface area is 89.8 Å². The third kappa shape index (κ3) is 2.38. The molecule has 78 valence electrons. The first-order valence-corrected chi connectivity index (χ1v) is 5.18. The summed E-state index contributed by atoms with van der Waals surface area (Å²) in [5.74, 6) is -0.0661. The molecule has 0 aliphatic heterocycles. The van der Waals surface area contributed by atoms with Crippen LogP contribution in [0.4, 0.5) is 0 Å². The average molecular weight is 223 g/mol. The monoisotopic (exact) mass is 223 g/mol. The molecule has 0 atom stereocenters. The van der Waals surface area contributed by atoms with Crippen molar-refractivity contribution in [2.75, 3.05) is 0 Å². The van der Waals surface area contributed by atoms with E-state index in [4.69, 9.17) is 0 Å². The molecule has 6 nitrogen and oxygen atoms in total. The molecule has 2 aromatic rings. The fraction of sp³-hybridized carbons (Fsp3) is 0.250. The quantitative estimate of drug-likeness (QED) is 0.793. The summed E-state index contributed by atoms with van der Waals surface area (Å²) in [5.41, 5.74) is 0.962. The topological polar surface area (TPSA) is 83.6 Å². The van der Waals surface area contributed by atoms with Crippen LogP contribution in [0.15, 0.2) is 11.7 Å². The van der Waals surface area contributed by atoms with Gasteiger partial charge in [-0.1, -0.05) is 0 Å². The first-order chi connectivity index (χ1) is 7.25. The molecule has 1 amide bonds. The molecule has 0 aromatic carbocycles. The van der Waals surface area contributed by atoms with Crippen molar-refractivity contribution < 1.29 is 4.79 Å². The Morgan fingerprint density at radius 1 is 1.67 bits per heavy atom. The number of aromatic amines is 1. The highest BCUT2D eigenvalue weighted by molar-refractivity contribution is 7.09. The highest BCUT2D eigenvalue weighted by atomic mass is 32.1. The molecule has 0 saturated carbocycles. The lowest BCUT2D eigenvalue weighted by molar-refractivity contribution is 0.0941. The SMILES string of the molecule is Cc1csc(CNC(=O)c2ncn[nH]2)n1. The summed E-state index contributed by atoms with van der Waals surface area (Å²) in [4.78, 5) is 19.4. The first-order valence-electron chi connectivity index (χ1n) is 4.30. The van der Waals surface area contributed by atoms with E-state index in [0.29, 0.717) is 6.54 Å². The first kappa shape index (κ1) is 9.78. The van der Waals surface area contributed by atoms with Crippen molar-refractivity contribution >= 4 is 17.2 Å². The number of nitrogens with zero attached hydrogens (tertiary/aromatic N) is 3. The molecule has 0 radical (unpaired) electrons. The van der Waals surface area contributed by atoms with Crippen molar-refractivity contribution in [3.05, 3.63) is 28.2 Å². The van der Waals surface area contributed by atoms with Gasteiger partial charge in [-0.2, -0.15) is 5.10 Å². The van der Waals surface area contributed by atoms with Gasteiger partial charge in [0.25, 0.3) is 5.91 Å². The third-order valence-corrected chi connectivity index (χ3v) is 2.66. The fourth-order valence-electron chi connectivity index (χ4n) is 1.04. The summed E-state index contributed by atoms with van der Waals surface area (Å²) in [6, 6.07) is 0. The van der Waals surface area contributed by atoms with E-state index in [1.54, 1.807) is 0 Å². The van der Waals surface area contributed by atoms with Gasteiger partial charge in [0.2, 0.25) is 5.82 Å². The summed E-state index contributed by atoms with van der Waals surface area (Å²) in [7, 11) is 0. The number of carbonyl (C=O) groups excluding carboxylic acids is 1.